The van der Waals surface area contributed by atoms with Gasteiger partial charge in [0.15, 0.2) is 0 Å². The van der Waals surface area contributed by atoms with Crippen LogP contribution in [0.25, 0.3) is 0 Å². The number of amides is 2. The SMILES string of the molecule is CCOC(=O)c1ccc(N(CCNC(=O)c2ccc(F)cc2)C(C)=O)cc1. The fourth-order valence-corrected chi connectivity index (χ4v) is 2.44. The number of nitrogens with zero attached hydrogens (tertiary/aromatic N) is 1. The van der Waals surface area contributed by atoms with Crippen molar-refractivity contribution >= 4 is 23.5 Å². The maximum absolute atomic E-state index is 12.9. The third kappa shape index (κ3) is 5.64. The molecule has 0 heterocycles. The normalized spacial score (nSPS) is 10.2. The van der Waals surface area contributed by atoms with Crippen molar-refractivity contribution in [1.29, 1.82) is 0 Å². The molecular weight excluding hydrogens is 351 g/mol. The molecule has 0 saturated carbocycles. The van der Waals surface area contributed by atoms with E-state index >= 15 is 0 Å². The van der Waals surface area contributed by atoms with Crippen molar-refractivity contribution in [1.82, 2.24) is 5.32 Å². The minimum Gasteiger partial charge on any atom is -0.462 e. The number of anilines is 1. The smallest absolute Gasteiger partial charge is 0.338 e. The predicted octanol–water partition coefficient (Wildman–Crippen LogP) is 2.79. The molecule has 0 atom stereocenters. The van der Waals surface area contributed by atoms with Crippen LogP contribution in [0.15, 0.2) is 48.5 Å². The standard InChI is InChI=1S/C20H21FN2O4/c1-3-27-20(26)16-6-10-18(11-7-16)23(14(2)24)13-12-22-19(25)15-4-8-17(21)9-5-15/h4-11H,3,12-13H2,1-2H3,(H,22,25). The zero-order valence-electron chi connectivity index (χ0n) is 15.2. The van der Waals surface area contributed by atoms with Gasteiger partial charge in [-0.1, -0.05) is 0 Å². The Morgan fingerprint density at radius 3 is 2.15 bits per heavy atom. The van der Waals surface area contributed by atoms with Gasteiger partial charge in [0.25, 0.3) is 5.91 Å². The Morgan fingerprint density at radius 1 is 1.00 bits per heavy atom. The molecule has 2 aromatic carbocycles. The summed E-state index contributed by atoms with van der Waals surface area (Å²) in [5.74, 6) is -1.39. The number of benzene rings is 2. The second kappa shape index (κ2) is 9.47. The van der Waals surface area contributed by atoms with E-state index in [0.717, 1.165) is 0 Å². The summed E-state index contributed by atoms with van der Waals surface area (Å²) in [7, 11) is 0. The molecule has 142 valence electrons. The molecule has 0 saturated heterocycles. The Hall–Kier alpha value is -3.22. The van der Waals surface area contributed by atoms with Crippen LogP contribution >= 0.6 is 0 Å². The van der Waals surface area contributed by atoms with Crippen LogP contribution in [0.1, 0.15) is 34.6 Å². The summed E-state index contributed by atoms with van der Waals surface area (Å²) in [6.45, 7) is 3.90. The van der Waals surface area contributed by atoms with E-state index in [4.69, 9.17) is 4.74 Å². The van der Waals surface area contributed by atoms with Crippen molar-refractivity contribution in [2.45, 2.75) is 13.8 Å². The number of nitrogens with one attached hydrogen (secondary N) is 1. The van der Waals surface area contributed by atoms with Gasteiger partial charge in [0, 0.05) is 31.3 Å². The van der Waals surface area contributed by atoms with Crippen LogP contribution in [-0.4, -0.2) is 37.5 Å². The number of halogens is 1. The minimum absolute atomic E-state index is 0.199. The van der Waals surface area contributed by atoms with Crippen LogP contribution < -0.4 is 10.2 Å². The number of carbonyl (C=O) groups is 3. The average Bonchev–Trinajstić information content (AvgIpc) is 2.65. The van der Waals surface area contributed by atoms with Gasteiger partial charge in [-0.05, 0) is 55.5 Å². The Balaban J connectivity index is 1.97. The van der Waals surface area contributed by atoms with Crippen molar-refractivity contribution in [2.75, 3.05) is 24.6 Å². The molecule has 0 aliphatic heterocycles. The Kier molecular flexibility index (Phi) is 7.05. The first-order valence-electron chi connectivity index (χ1n) is 8.51. The van der Waals surface area contributed by atoms with Gasteiger partial charge in [-0.15, -0.1) is 0 Å². The molecule has 2 amide bonds. The monoisotopic (exact) mass is 372 g/mol. The number of hydrogen-bond donors (Lipinski definition) is 1. The molecule has 0 radical (unpaired) electrons. The maximum atomic E-state index is 12.9. The first-order valence-corrected chi connectivity index (χ1v) is 8.51. The molecule has 7 heteroatoms. The van der Waals surface area contributed by atoms with E-state index in [1.54, 1.807) is 31.2 Å². The zero-order chi connectivity index (χ0) is 19.8. The van der Waals surface area contributed by atoms with Crippen LogP contribution in [0.2, 0.25) is 0 Å². The van der Waals surface area contributed by atoms with Gasteiger partial charge < -0.3 is 15.0 Å². The first kappa shape index (κ1) is 20.1. The van der Waals surface area contributed by atoms with Crippen molar-refractivity contribution in [3.05, 3.63) is 65.5 Å². The van der Waals surface area contributed by atoms with E-state index in [-0.39, 0.29) is 31.5 Å². The minimum atomic E-state index is -0.426. The van der Waals surface area contributed by atoms with Crippen LogP contribution in [-0.2, 0) is 9.53 Å². The highest BCUT2D eigenvalue weighted by molar-refractivity contribution is 5.95. The molecule has 0 fully saturated rings. The summed E-state index contributed by atoms with van der Waals surface area (Å²) >= 11 is 0. The summed E-state index contributed by atoms with van der Waals surface area (Å²) in [5.41, 5.74) is 1.34. The van der Waals surface area contributed by atoms with Crippen molar-refractivity contribution in [2.24, 2.45) is 0 Å². The van der Waals surface area contributed by atoms with Crippen molar-refractivity contribution in [3.63, 3.8) is 0 Å². The zero-order valence-corrected chi connectivity index (χ0v) is 15.2. The third-order valence-electron chi connectivity index (χ3n) is 3.80. The highest BCUT2D eigenvalue weighted by atomic mass is 19.1. The van der Waals surface area contributed by atoms with E-state index < -0.39 is 11.8 Å². The van der Waals surface area contributed by atoms with E-state index in [1.165, 1.54) is 36.1 Å². The Labute approximate surface area is 156 Å². The molecule has 0 bridgehead atoms. The highest BCUT2D eigenvalue weighted by Crippen LogP contribution is 2.16. The second-order valence-corrected chi connectivity index (χ2v) is 5.70. The van der Waals surface area contributed by atoms with Crippen molar-refractivity contribution < 1.29 is 23.5 Å². The molecule has 6 nitrogen and oxygen atoms in total. The lowest BCUT2D eigenvalue weighted by Crippen LogP contribution is -2.37. The average molecular weight is 372 g/mol. The molecule has 1 N–H and O–H groups in total. The largest absolute Gasteiger partial charge is 0.462 e. The second-order valence-electron chi connectivity index (χ2n) is 5.70. The van der Waals surface area contributed by atoms with Gasteiger partial charge >= 0.3 is 5.97 Å². The topological polar surface area (TPSA) is 75.7 Å². The summed E-state index contributed by atoms with van der Waals surface area (Å²) in [6, 6.07) is 11.7. The molecule has 27 heavy (non-hydrogen) atoms. The van der Waals surface area contributed by atoms with Crippen LogP contribution in [0.3, 0.4) is 0 Å². The summed E-state index contributed by atoms with van der Waals surface area (Å²) in [5, 5.41) is 2.69. The number of ether oxygens (including phenoxy) is 1. The first-order chi connectivity index (χ1) is 12.9. The van der Waals surface area contributed by atoms with Gasteiger partial charge in [-0.25, -0.2) is 9.18 Å². The number of rotatable bonds is 7. The lowest BCUT2D eigenvalue weighted by Gasteiger charge is -2.21. The highest BCUT2D eigenvalue weighted by Gasteiger charge is 2.14. The number of hydrogen-bond acceptors (Lipinski definition) is 4. The molecule has 2 rings (SSSR count). The Bertz CT molecular complexity index is 804. The number of esters is 1. The summed E-state index contributed by atoms with van der Waals surface area (Å²) in [4.78, 5) is 37.1. The summed E-state index contributed by atoms with van der Waals surface area (Å²) in [6.07, 6.45) is 0. The van der Waals surface area contributed by atoms with Crippen LogP contribution in [0.4, 0.5) is 10.1 Å². The molecule has 0 unspecified atom stereocenters. The van der Waals surface area contributed by atoms with E-state index in [9.17, 15) is 18.8 Å². The predicted molar refractivity (Wildman–Crippen MR) is 99.2 cm³/mol. The fourth-order valence-electron chi connectivity index (χ4n) is 2.44. The molecular formula is C20H21FN2O4. The lowest BCUT2D eigenvalue weighted by molar-refractivity contribution is -0.116. The Morgan fingerprint density at radius 2 is 1.59 bits per heavy atom. The van der Waals surface area contributed by atoms with E-state index in [1.807, 2.05) is 0 Å². The molecule has 0 aliphatic carbocycles. The summed E-state index contributed by atoms with van der Waals surface area (Å²) < 4.78 is 17.8. The van der Waals surface area contributed by atoms with Crippen LogP contribution in [0, 0.1) is 5.82 Å². The molecule has 0 aromatic heterocycles. The lowest BCUT2D eigenvalue weighted by atomic mass is 10.2. The molecule has 2 aromatic rings. The van der Waals surface area contributed by atoms with Crippen molar-refractivity contribution in [3.8, 4) is 0 Å². The quantitative estimate of drug-likeness (QED) is 0.759. The van der Waals surface area contributed by atoms with Gasteiger partial charge in [-0.3, -0.25) is 9.59 Å². The van der Waals surface area contributed by atoms with Gasteiger partial charge in [0.2, 0.25) is 5.91 Å². The van der Waals surface area contributed by atoms with Gasteiger partial charge in [0.1, 0.15) is 5.82 Å². The van der Waals surface area contributed by atoms with Gasteiger partial charge in [0.05, 0.1) is 12.2 Å². The van der Waals surface area contributed by atoms with E-state index in [2.05, 4.69) is 5.32 Å². The fraction of sp³-hybridized carbons (Fsp3) is 0.250. The van der Waals surface area contributed by atoms with Gasteiger partial charge in [-0.2, -0.15) is 0 Å². The number of carbonyl (C=O) groups excluding carboxylic acids is 3. The molecule has 0 spiro atoms. The van der Waals surface area contributed by atoms with E-state index in [0.29, 0.717) is 16.8 Å². The maximum Gasteiger partial charge on any atom is 0.338 e. The molecule has 0 aliphatic rings. The van der Waals surface area contributed by atoms with Crippen LogP contribution in [0.5, 0.6) is 0 Å². The third-order valence-corrected chi connectivity index (χ3v) is 3.80.